The van der Waals surface area contributed by atoms with Crippen molar-refractivity contribution in [2.75, 3.05) is 20.6 Å². The van der Waals surface area contributed by atoms with Gasteiger partial charge in [0.05, 0.1) is 16.6 Å². The molecule has 0 aliphatic heterocycles. The van der Waals surface area contributed by atoms with E-state index in [1.54, 1.807) is 11.3 Å². The highest BCUT2D eigenvalue weighted by molar-refractivity contribution is 7.89. The highest BCUT2D eigenvalue weighted by Crippen LogP contribution is 2.22. The number of amides is 1. The minimum Gasteiger partial charge on any atom is -0.350 e. The molecule has 154 valence electrons. The Labute approximate surface area is 175 Å². The summed E-state index contributed by atoms with van der Waals surface area (Å²) in [7, 11) is -0.579. The van der Waals surface area contributed by atoms with Crippen LogP contribution in [-0.4, -0.2) is 49.1 Å². The van der Waals surface area contributed by atoms with Gasteiger partial charge in [0.2, 0.25) is 10.0 Å². The van der Waals surface area contributed by atoms with Crippen LogP contribution in [0.4, 0.5) is 0 Å². The maximum Gasteiger partial charge on any atom is 0.251 e. The Morgan fingerprint density at radius 1 is 1.21 bits per heavy atom. The molecule has 3 rings (SSSR count). The number of aryl methyl sites for hydroxylation is 2. The SMILES string of the molecule is Cc1cc(C)n([C@H](CNC(=O)c2ccc(S(=O)(=O)N(C)C)cc2)c2ccsc2)n1. The van der Waals surface area contributed by atoms with Crippen LogP contribution < -0.4 is 5.32 Å². The molecular formula is C20H24N4O3S2. The molecule has 9 heteroatoms. The van der Waals surface area contributed by atoms with Crippen LogP contribution in [0.25, 0.3) is 0 Å². The third-order valence-corrected chi connectivity index (χ3v) is 7.15. The Kier molecular flexibility index (Phi) is 6.21. The Balaban J connectivity index is 1.76. The topological polar surface area (TPSA) is 84.3 Å². The van der Waals surface area contributed by atoms with Crippen molar-refractivity contribution in [3.05, 3.63) is 69.7 Å². The Morgan fingerprint density at radius 2 is 1.90 bits per heavy atom. The lowest BCUT2D eigenvalue weighted by Gasteiger charge is -2.19. The van der Waals surface area contributed by atoms with Crippen LogP contribution >= 0.6 is 11.3 Å². The monoisotopic (exact) mass is 432 g/mol. The number of sulfonamides is 1. The Bertz CT molecular complexity index is 1090. The van der Waals surface area contributed by atoms with Crippen molar-refractivity contribution in [1.29, 1.82) is 0 Å². The van der Waals surface area contributed by atoms with Gasteiger partial charge in [0.1, 0.15) is 0 Å². The normalized spacial score (nSPS) is 12.9. The molecule has 2 aromatic heterocycles. The average molecular weight is 433 g/mol. The number of thiophene rings is 1. The largest absolute Gasteiger partial charge is 0.350 e. The quantitative estimate of drug-likeness (QED) is 0.622. The van der Waals surface area contributed by atoms with Gasteiger partial charge in [-0.2, -0.15) is 16.4 Å². The van der Waals surface area contributed by atoms with E-state index in [0.29, 0.717) is 12.1 Å². The van der Waals surface area contributed by atoms with Crippen LogP contribution in [0.1, 0.15) is 33.4 Å². The van der Waals surface area contributed by atoms with E-state index in [-0.39, 0.29) is 16.8 Å². The van der Waals surface area contributed by atoms with Gasteiger partial charge in [-0.1, -0.05) is 0 Å². The second-order valence-electron chi connectivity index (χ2n) is 6.97. The molecule has 1 aromatic carbocycles. The lowest BCUT2D eigenvalue weighted by molar-refractivity contribution is 0.0949. The van der Waals surface area contributed by atoms with Crippen molar-refractivity contribution >= 4 is 27.3 Å². The molecule has 2 heterocycles. The van der Waals surface area contributed by atoms with Crippen LogP contribution in [0.2, 0.25) is 0 Å². The standard InChI is InChI=1S/C20H24N4O3S2/c1-14-11-15(2)24(22-14)19(17-9-10-28-13-17)12-21-20(25)16-5-7-18(8-6-16)29(26,27)23(3)4/h5-11,13,19H,12H2,1-4H3,(H,21,25)/t19-/m1/s1. The summed E-state index contributed by atoms with van der Waals surface area (Å²) in [5, 5.41) is 11.6. The maximum atomic E-state index is 12.6. The molecule has 0 spiro atoms. The molecule has 1 N–H and O–H groups in total. The van der Waals surface area contributed by atoms with Gasteiger partial charge in [-0.05, 0) is 66.6 Å². The number of benzene rings is 1. The fraction of sp³-hybridized carbons (Fsp3) is 0.300. The summed E-state index contributed by atoms with van der Waals surface area (Å²) >= 11 is 1.60. The second kappa shape index (κ2) is 8.48. The highest BCUT2D eigenvalue weighted by Gasteiger charge is 2.20. The summed E-state index contributed by atoms with van der Waals surface area (Å²) < 4.78 is 27.4. The number of aromatic nitrogens is 2. The molecule has 0 radical (unpaired) electrons. The summed E-state index contributed by atoms with van der Waals surface area (Å²) in [5.41, 5.74) is 3.42. The lowest BCUT2D eigenvalue weighted by atomic mass is 10.1. The predicted molar refractivity (Wildman–Crippen MR) is 114 cm³/mol. The van der Waals surface area contributed by atoms with Gasteiger partial charge in [-0.15, -0.1) is 0 Å². The molecule has 0 unspecified atom stereocenters. The fourth-order valence-electron chi connectivity index (χ4n) is 3.05. The summed E-state index contributed by atoms with van der Waals surface area (Å²) in [6.07, 6.45) is 0. The highest BCUT2D eigenvalue weighted by atomic mass is 32.2. The molecule has 29 heavy (non-hydrogen) atoms. The van der Waals surface area contributed by atoms with Gasteiger partial charge in [0, 0.05) is 31.9 Å². The zero-order chi connectivity index (χ0) is 21.2. The van der Waals surface area contributed by atoms with E-state index in [1.807, 2.05) is 41.4 Å². The van der Waals surface area contributed by atoms with Gasteiger partial charge in [-0.25, -0.2) is 12.7 Å². The van der Waals surface area contributed by atoms with Crippen molar-refractivity contribution in [2.45, 2.75) is 24.8 Å². The van der Waals surface area contributed by atoms with Crippen LogP contribution in [0.15, 0.2) is 52.1 Å². The molecule has 0 bridgehead atoms. The van der Waals surface area contributed by atoms with Gasteiger partial charge >= 0.3 is 0 Å². The van der Waals surface area contributed by atoms with Crippen LogP contribution in [0.5, 0.6) is 0 Å². The molecule has 0 aliphatic rings. The van der Waals surface area contributed by atoms with Crippen molar-refractivity contribution in [1.82, 2.24) is 19.4 Å². The van der Waals surface area contributed by atoms with E-state index in [2.05, 4.69) is 10.4 Å². The van der Waals surface area contributed by atoms with Crippen molar-refractivity contribution in [3.63, 3.8) is 0 Å². The minimum atomic E-state index is -3.52. The first-order chi connectivity index (χ1) is 13.7. The molecule has 0 saturated carbocycles. The van der Waals surface area contributed by atoms with E-state index in [4.69, 9.17) is 0 Å². The number of carbonyl (C=O) groups excluding carboxylic acids is 1. The van der Waals surface area contributed by atoms with E-state index >= 15 is 0 Å². The molecule has 0 aliphatic carbocycles. The average Bonchev–Trinajstić information content (AvgIpc) is 3.32. The van der Waals surface area contributed by atoms with E-state index in [1.165, 1.54) is 38.4 Å². The molecule has 3 aromatic rings. The van der Waals surface area contributed by atoms with E-state index < -0.39 is 10.0 Å². The zero-order valence-corrected chi connectivity index (χ0v) is 18.4. The predicted octanol–water partition coefficient (Wildman–Crippen LogP) is 2.83. The van der Waals surface area contributed by atoms with Crippen molar-refractivity contribution in [3.8, 4) is 0 Å². The molecule has 7 nitrogen and oxygen atoms in total. The second-order valence-corrected chi connectivity index (χ2v) is 9.90. The Hall–Kier alpha value is -2.49. The summed E-state index contributed by atoms with van der Waals surface area (Å²) in [6, 6.07) is 9.85. The fourth-order valence-corrected chi connectivity index (χ4v) is 4.66. The minimum absolute atomic E-state index is 0.118. The van der Waals surface area contributed by atoms with Crippen molar-refractivity contribution in [2.24, 2.45) is 0 Å². The smallest absolute Gasteiger partial charge is 0.251 e. The first kappa shape index (κ1) is 21.2. The summed E-state index contributed by atoms with van der Waals surface area (Å²) in [4.78, 5) is 12.8. The summed E-state index contributed by atoms with van der Waals surface area (Å²) in [5.74, 6) is -0.263. The molecule has 0 fully saturated rings. The molecule has 1 amide bonds. The first-order valence-electron chi connectivity index (χ1n) is 9.06. The lowest BCUT2D eigenvalue weighted by Crippen LogP contribution is -2.32. The van der Waals surface area contributed by atoms with Crippen LogP contribution in [-0.2, 0) is 10.0 Å². The van der Waals surface area contributed by atoms with Gasteiger partial charge < -0.3 is 5.32 Å². The van der Waals surface area contributed by atoms with Gasteiger partial charge in [-0.3, -0.25) is 9.48 Å². The number of carbonyl (C=O) groups is 1. The number of rotatable bonds is 7. The number of nitrogens with one attached hydrogen (secondary N) is 1. The first-order valence-corrected chi connectivity index (χ1v) is 11.4. The molecule has 0 saturated heterocycles. The van der Waals surface area contributed by atoms with E-state index in [9.17, 15) is 13.2 Å². The number of hydrogen-bond acceptors (Lipinski definition) is 5. The van der Waals surface area contributed by atoms with Gasteiger partial charge in [0.25, 0.3) is 5.91 Å². The van der Waals surface area contributed by atoms with Crippen LogP contribution in [0, 0.1) is 13.8 Å². The number of hydrogen-bond donors (Lipinski definition) is 1. The maximum absolute atomic E-state index is 12.6. The van der Waals surface area contributed by atoms with Crippen molar-refractivity contribution < 1.29 is 13.2 Å². The summed E-state index contributed by atoms with van der Waals surface area (Å²) in [6.45, 7) is 4.30. The molecule has 1 atom stereocenters. The van der Waals surface area contributed by atoms with E-state index in [0.717, 1.165) is 21.3 Å². The van der Waals surface area contributed by atoms with Gasteiger partial charge in [0.15, 0.2) is 0 Å². The number of nitrogens with zero attached hydrogens (tertiary/aromatic N) is 3. The Morgan fingerprint density at radius 3 is 2.41 bits per heavy atom. The zero-order valence-electron chi connectivity index (χ0n) is 16.8. The third-order valence-electron chi connectivity index (χ3n) is 4.62. The third kappa shape index (κ3) is 4.58. The van der Waals surface area contributed by atoms with Crippen LogP contribution in [0.3, 0.4) is 0 Å². The molecular weight excluding hydrogens is 408 g/mol.